The molecule has 3 N–H and O–H groups in total. The fourth-order valence-electron chi connectivity index (χ4n) is 0.980. The van der Waals surface area contributed by atoms with Crippen LogP contribution < -0.4 is 16.3 Å². The summed E-state index contributed by atoms with van der Waals surface area (Å²) in [6.07, 6.45) is 0. The number of rotatable bonds is 3. The Hall–Kier alpha value is -1.89. The number of nitrogens with two attached hydrogens (primary N) is 1. The summed E-state index contributed by atoms with van der Waals surface area (Å²) in [7, 11) is 0. The van der Waals surface area contributed by atoms with Gasteiger partial charge in [-0.05, 0) is 6.07 Å². The zero-order valence-electron chi connectivity index (χ0n) is 7.94. The van der Waals surface area contributed by atoms with E-state index in [9.17, 15) is 14.7 Å². The van der Waals surface area contributed by atoms with Gasteiger partial charge in [-0.15, -0.1) is 0 Å². The number of aliphatic carboxylic acids is 1. The van der Waals surface area contributed by atoms with Gasteiger partial charge in [0.2, 0.25) is 0 Å². The van der Waals surface area contributed by atoms with E-state index >= 15 is 0 Å². The zero-order chi connectivity index (χ0) is 12.1. The maximum Gasteiger partial charge on any atom is 0.332 e. The van der Waals surface area contributed by atoms with Gasteiger partial charge in [0.1, 0.15) is 5.71 Å². The van der Waals surface area contributed by atoms with Crippen LogP contribution in [-0.4, -0.2) is 17.7 Å². The van der Waals surface area contributed by atoms with E-state index in [1.165, 1.54) is 6.07 Å². The maximum absolute atomic E-state index is 10.8. The van der Waals surface area contributed by atoms with Crippen molar-refractivity contribution in [2.75, 3.05) is 0 Å². The van der Waals surface area contributed by atoms with Gasteiger partial charge >= 0.3 is 6.03 Å². The van der Waals surface area contributed by atoms with Crippen LogP contribution in [0.1, 0.15) is 5.56 Å². The Morgan fingerprint density at radius 3 is 2.50 bits per heavy atom. The van der Waals surface area contributed by atoms with Crippen LogP contribution in [0, 0.1) is 0 Å². The summed E-state index contributed by atoms with van der Waals surface area (Å²) in [5, 5.41) is 14.2. The Morgan fingerprint density at radius 1 is 1.38 bits per heavy atom. The van der Waals surface area contributed by atoms with Crippen molar-refractivity contribution in [2.24, 2.45) is 10.8 Å². The summed E-state index contributed by atoms with van der Waals surface area (Å²) in [5.41, 5.74) is 6.49. The van der Waals surface area contributed by atoms with Gasteiger partial charge in [-0.2, -0.15) is 5.10 Å². The minimum absolute atomic E-state index is 0.288. The second-order valence-corrected chi connectivity index (χ2v) is 3.56. The predicted molar refractivity (Wildman–Crippen MR) is 58.4 cm³/mol. The zero-order valence-corrected chi connectivity index (χ0v) is 9.52. The maximum atomic E-state index is 10.8. The van der Waals surface area contributed by atoms with Crippen molar-refractivity contribution < 1.29 is 14.7 Å². The molecular weight excluding hydrogens is 278 g/mol. The third-order valence-electron chi connectivity index (χ3n) is 1.60. The minimum atomic E-state index is -1.51. The molecular formula is C9H7BrN3O3-. The molecule has 0 bridgehead atoms. The molecule has 0 saturated heterocycles. The van der Waals surface area contributed by atoms with Crippen molar-refractivity contribution in [3.05, 3.63) is 34.3 Å². The van der Waals surface area contributed by atoms with E-state index in [1.807, 2.05) is 5.43 Å². The number of hydrogen-bond donors (Lipinski definition) is 2. The van der Waals surface area contributed by atoms with E-state index in [0.29, 0.717) is 4.47 Å². The molecule has 1 rings (SSSR count). The Balaban J connectivity index is 3.13. The molecule has 0 fully saturated rings. The molecule has 0 aliphatic heterocycles. The number of hydrazone groups is 1. The van der Waals surface area contributed by atoms with Gasteiger partial charge < -0.3 is 15.6 Å². The number of halogens is 1. The quantitative estimate of drug-likeness (QED) is 0.581. The SMILES string of the molecule is NC(=O)N/N=C(/C(=O)[O-])c1ccccc1Br. The summed E-state index contributed by atoms with van der Waals surface area (Å²) < 4.78 is 0.518. The molecule has 0 aliphatic rings. The van der Waals surface area contributed by atoms with Crippen LogP contribution in [0.4, 0.5) is 4.79 Å². The van der Waals surface area contributed by atoms with Gasteiger partial charge in [0.25, 0.3) is 0 Å². The first-order valence-electron chi connectivity index (χ1n) is 4.11. The molecule has 6 nitrogen and oxygen atoms in total. The molecule has 0 aliphatic carbocycles. The highest BCUT2D eigenvalue weighted by molar-refractivity contribution is 9.10. The number of urea groups is 1. The van der Waals surface area contributed by atoms with Gasteiger partial charge in [0.05, 0.1) is 5.97 Å². The van der Waals surface area contributed by atoms with Crippen molar-refractivity contribution in [1.29, 1.82) is 0 Å². The van der Waals surface area contributed by atoms with E-state index in [1.54, 1.807) is 18.2 Å². The average molecular weight is 285 g/mol. The number of carbonyl (C=O) groups excluding carboxylic acids is 2. The first-order chi connectivity index (χ1) is 7.52. The van der Waals surface area contributed by atoms with Gasteiger partial charge in [-0.1, -0.05) is 34.1 Å². The summed E-state index contributed by atoms with van der Waals surface area (Å²) >= 11 is 3.16. The Morgan fingerprint density at radius 2 is 2.00 bits per heavy atom. The summed E-state index contributed by atoms with van der Waals surface area (Å²) in [6, 6.07) is 5.54. The number of carboxylic acids is 1. The Bertz CT molecular complexity index is 459. The molecule has 1 aromatic carbocycles. The van der Waals surface area contributed by atoms with Crippen molar-refractivity contribution in [2.45, 2.75) is 0 Å². The molecule has 0 radical (unpaired) electrons. The molecule has 0 aromatic heterocycles. The molecule has 0 saturated carbocycles. The Labute approximate surface area is 99.3 Å². The molecule has 16 heavy (non-hydrogen) atoms. The number of benzene rings is 1. The molecule has 0 atom stereocenters. The average Bonchev–Trinajstić information content (AvgIpc) is 2.20. The molecule has 2 amide bonds. The fraction of sp³-hybridized carbons (Fsp3) is 0. The second kappa shape index (κ2) is 5.26. The van der Waals surface area contributed by atoms with Crippen molar-refractivity contribution in [3.8, 4) is 0 Å². The van der Waals surface area contributed by atoms with Gasteiger partial charge in [0.15, 0.2) is 0 Å². The number of hydrogen-bond acceptors (Lipinski definition) is 4. The van der Waals surface area contributed by atoms with Crippen molar-refractivity contribution >= 4 is 33.6 Å². The molecule has 84 valence electrons. The van der Waals surface area contributed by atoms with E-state index in [4.69, 9.17) is 5.73 Å². The summed E-state index contributed by atoms with van der Waals surface area (Å²) in [4.78, 5) is 21.2. The molecule has 0 spiro atoms. The van der Waals surface area contributed by atoms with E-state index in [2.05, 4.69) is 21.0 Å². The number of carboxylic acid groups (broad SMARTS) is 1. The standard InChI is InChI=1S/C9H8BrN3O3/c10-6-4-2-1-3-5(6)7(8(14)15)12-13-9(11)16/h1-4H,(H,14,15)(H3,11,13,16)/p-1/b12-7+. The smallest absolute Gasteiger partial charge is 0.332 e. The van der Waals surface area contributed by atoms with Crippen LogP contribution in [0.15, 0.2) is 33.8 Å². The molecule has 1 aromatic rings. The van der Waals surface area contributed by atoms with E-state index < -0.39 is 17.7 Å². The topological polar surface area (TPSA) is 108 Å². The largest absolute Gasteiger partial charge is 0.543 e. The van der Waals surface area contributed by atoms with Gasteiger partial charge in [0, 0.05) is 10.0 Å². The van der Waals surface area contributed by atoms with Crippen molar-refractivity contribution in [1.82, 2.24) is 5.43 Å². The Kier molecular flexibility index (Phi) is 4.01. The first-order valence-corrected chi connectivity index (χ1v) is 4.91. The van der Waals surface area contributed by atoms with Crippen LogP contribution in [0.3, 0.4) is 0 Å². The van der Waals surface area contributed by atoms with Gasteiger partial charge in [-0.3, -0.25) is 0 Å². The second-order valence-electron chi connectivity index (χ2n) is 2.70. The van der Waals surface area contributed by atoms with Crippen LogP contribution >= 0.6 is 15.9 Å². The fourth-order valence-corrected chi connectivity index (χ4v) is 1.45. The number of nitrogens with zero attached hydrogens (tertiary/aromatic N) is 1. The molecule has 0 unspecified atom stereocenters. The highest BCUT2D eigenvalue weighted by Crippen LogP contribution is 2.16. The lowest BCUT2D eigenvalue weighted by molar-refractivity contribution is -0.294. The van der Waals surface area contributed by atoms with Crippen molar-refractivity contribution in [3.63, 3.8) is 0 Å². The highest BCUT2D eigenvalue weighted by atomic mass is 79.9. The van der Waals surface area contributed by atoms with E-state index in [0.717, 1.165) is 0 Å². The third-order valence-corrected chi connectivity index (χ3v) is 2.29. The van der Waals surface area contributed by atoms with E-state index in [-0.39, 0.29) is 5.56 Å². The summed E-state index contributed by atoms with van der Waals surface area (Å²) in [6.45, 7) is 0. The number of amides is 2. The van der Waals surface area contributed by atoms with Crippen LogP contribution in [0.2, 0.25) is 0 Å². The predicted octanol–water partition coefficient (Wildman–Crippen LogP) is -0.429. The highest BCUT2D eigenvalue weighted by Gasteiger charge is 2.08. The van der Waals surface area contributed by atoms with Crippen LogP contribution in [0.25, 0.3) is 0 Å². The number of primary amides is 1. The van der Waals surface area contributed by atoms with Crippen LogP contribution in [-0.2, 0) is 4.79 Å². The van der Waals surface area contributed by atoms with Gasteiger partial charge in [-0.25, -0.2) is 10.2 Å². The number of nitrogens with one attached hydrogen (secondary N) is 1. The summed E-state index contributed by atoms with van der Waals surface area (Å²) in [5.74, 6) is -1.51. The third kappa shape index (κ3) is 3.06. The number of carbonyl (C=O) groups is 2. The lowest BCUT2D eigenvalue weighted by Gasteiger charge is -2.08. The lowest BCUT2D eigenvalue weighted by Crippen LogP contribution is -2.35. The van der Waals surface area contributed by atoms with Crippen LogP contribution in [0.5, 0.6) is 0 Å². The molecule has 7 heteroatoms. The monoisotopic (exact) mass is 284 g/mol. The normalized spacial score (nSPS) is 10.9. The lowest BCUT2D eigenvalue weighted by atomic mass is 10.1. The molecule has 0 heterocycles. The first kappa shape index (κ1) is 12.2. The minimum Gasteiger partial charge on any atom is -0.543 e.